The first-order chi connectivity index (χ1) is 13.0. The van der Waals surface area contributed by atoms with Crippen molar-refractivity contribution in [1.82, 2.24) is 20.9 Å². The Hall–Kier alpha value is -2.90. The van der Waals surface area contributed by atoms with Gasteiger partial charge in [-0.25, -0.2) is 9.59 Å². The Kier molecular flexibility index (Phi) is 5.43. The number of amides is 6. The monoisotopic (exact) mass is 372 g/mol. The highest BCUT2D eigenvalue weighted by Gasteiger charge is 2.51. The highest BCUT2D eigenvalue weighted by molar-refractivity contribution is 6.10. The van der Waals surface area contributed by atoms with Crippen LogP contribution in [0.15, 0.2) is 30.3 Å². The van der Waals surface area contributed by atoms with E-state index in [1.165, 1.54) is 0 Å². The first kappa shape index (κ1) is 18.9. The number of nitrogens with one attached hydrogen (secondary N) is 3. The summed E-state index contributed by atoms with van der Waals surface area (Å²) in [5.74, 6) is -1.19. The molecule has 144 valence electrons. The lowest BCUT2D eigenvalue weighted by atomic mass is 9.87. The van der Waals surface area contributed by atoms with Gasteiger partial charge in [0.2, 0.25) is 5.91 Å². The van der Waals surface area contributed by atoms with Crippen LogP contribution in [0.2, 0.25) is 0 Å². The highest BCUT2D eigenvalue weighted by Crippen LogP contribution is 2.32. The summed E-state index contributed by atoms with van der Waals surface area (Å²) in [6, 6.07) is 7.76. The molecule has 2 aliphatic rings. The average molecular weight is 372 g/mol. The Morgan fingerprint density at radius 1 is 1.19 bits per heavy atom. The SMILES string of the molecule is CCC1(c2ccccc2)NC(=O)N(CC(=O)NC(=O)NC2CCCC2)C1=O. The molecule has 0 radical (unpaired) electrons. The van der Waals surface area contributed by atoms with Crippen molar-refractivity contribution in [2.75, 3.05) is 6.54 Å². The van der Waals surface area contributed by atoms with E-state index in [-0.39, 0.29) is 6.04 Å². The van der Waals surface area contributed by atoms with E-state index < -0.39 is 36.0 Å². The normalized spacial score (nSPS) is 22.6. The Bertz CT molecular complexity index is 745. The van der Waals surface area contributed by atoms with Gasteiger partial charge in [-0.2, -0.15) is 0 Å². The van der Waals surface area contributed by atoms with E-state index in [1.807, 2.05) is 6.07 Å². The smallest absolute Gasteiger partial charge is 0.325 e. The maximum absolute atomic E-state index is 12.9. The maximum atomic E-state index is 12.9. The van der Waals surface area contributed by atoms with Gasteiger partial charge in [-0.15, -0.1) is 0 Å². The highest BCUT2D eigenvalue weighted by atomic mass is 16.2. The molecule has 0 bridgehead atoms. The molecule has 1 unspecified atom stereocenters. The summed E-state index contributed by atoms with van der Waals surface area (Å²) in [4.78, 5) is 50.2. The molecule has 1 atom stereocenters. The van der Waals surface area contributed by atoms with Gasteiger partial charge in [0.25, 0.3) is 5.91 Å². The summed E-state index contributed by atoms with van der Waals surface area (Å²) in [6.45, 7) is 1.29. The van der Waals surface area contributed by atoms with Crippen LogP contribution in [-0.4, -0.2) is 41.4 Å². The summed E-state index contributed by atoms with van der Waals surface area (Å²) in [5.41, 5.74) is -0.530. The molecule has 6 amide bonds. The predicted molar refractivity (Wildman–Crippen MR) is 97.6 cm³/mol. The molecule has 2 fully saturated rings. The van der Waals surface area contributed by atoms with E-state index in [4.69, 9.17) is 0 Å². The van der Waals surface area contributed by atoms with E-state index in [2.05, 4.69) is 16.0 Å². The third-order valence-corrected chi connectivity index (χ3v) is 5.22. The van der Waals surface area contributed by atoms with Crippen molar-refractivity contribution < 1.29 is 19.2 Å². The van der Waals surface area contributed by atoms with Gasteiger partial charge in [0.15, 0.2) is 0 Å². The fourth-order valence-electron chi connectivity index (χ4n) is 3.73. The van der Waals surface area contributed by atoms with Gasteiger partial charge in [-0.05, 0) is 24.8 Å². The van der Waals surface area contributed by atoms with Crippen molar-refractivity contribution in [2.45, 2.75) is 50.6 Å². The van der Waals surface area contributed by atoms with E-state index in [9.17, 15) is 19.2 Å². The van der Waals surface area contributed by atoms with Crippen molar-refractivity contribution in [3.8, 4) is 0 Å². The second-order valence-corrected chi connectivity index (χ2v) is 6.95. The Labute approximate surface area is 157 Å². The Balaban J connectivity index is 1.64. The summed E-state index contributed by atoms with van der Waals surface area (Å²) < 4.78 is 0. The number of hydrogen-bond acceptors (Lipinski definition) is 4. The average Bonchev–Trinajstić information content (AvgIpc) is 3.24. The predicted octanol–water partition coefficient (Wildman–Crippen LogP) is 1.61. The fraction of sp³-hybridized carbons (Fsp3) is 0.474. The summed E-state index contributed by atoms with van der Waals surface area (Å²) in [5, 5.41) is 7.64. The van der Waals surface area contributed by atoms with Crippen LogP contribution in [0.25, 0.3) is 0 Å². The summed E-state index contributed by atoms with van der Waals surface area (Å²) in [6.07, 6.45) is 4.25. The van der Waals surface area contributed by atoms with Crippen molar-refractivity contribution in [3.05, 3.63) is 35.9 Å². The van der Waals surface area contributed by atoms with Gasteiger partial charge >= 0.3 is 12.1 Å². The van der Waals surface area contributed by atoms with Gasteiger partial charge in [0, 0.05) is 6.04 Å². The minimum Gasteiger partial charge on any atom is -0.335 e. The lowest BCUT2D eigenvalue weighted by Gasteiger charge is -2.25. The molecule has 27 heavy (non-hydrogen) atoms. The second kappa shape index (κ2) is 7.77. The topological polar surface area (TPSA) is 108 Å². The third-order valence-electron chi connectivity index (χ3n) is 5.22. The first-order valence-corrected chi connectivity index (χ1v) is 9.26. The molecule has 1 saturated heterocycles. The lowest BCUT2D eigenvalue weighted by Crippen LogP contribution is -2.48. The zero-order valence-electron chi connectivity index (χ0n) is 15.3. The van der Waals surface area contributed by atoms with Crippen LogP contribution >= 0.6 is 0 Å². The van der Waals surface area contributed by atoms with Crippen molar-refractivity contribution in [2.24, 2.45) is 0 Å². The Morgan fingerprint density at radius 2 is 1.85 bits per heavy atom. The van der Waals surface area contributed by atoms with Crippen LogP contribution in [0.3, 0.4) is 0 Å². The van der Waals surface area contributed by atoms with Crippen molar-refractivity contribution in [3.63, 3.8) is 0 Å². The van der Waals surface area contributed by atoms with E-state index in [1.54, 1.807) is 31.2 Å². The van der Waals surface area contributed by atoms with Crippen LogP contribution in [-0.2, 0) is 15.1 Å². The molecule has 3 N–H and O–H groups in total. The number of hydrogen-bond donors (Lipinski definition) is 3. The molecule has 1 aliphatic carbocycles. The van der Waals surface area contributed by atoms with Crippen LogP contribution in [0, 0.1) is 0 Å². The van der Waals surface area contributed by atoms with Crippen molar-refractivity contribution >= 4 is 23.9 Å². The molecule has 1 aromatic carbocycles. The lowest BCUT2D eigenvalue weighted by molar-refractivity contribution is -0.135. The van der Waals surface area contributed by atoms with Gasteiger partial charge in [-0.3, -0.25) is 19.8 Å². The summed E-state index contributed by atoms with van der Waals surface area (Å²) >= 11 is 0. The van der Waals surface area contributed by atoms with E-state index in [0.29, 0.717) is 12.0 Å². The van der Waals surface area contributed by atoms with Crippen LogP contribution in [0.5, 0.6) is 0 Å². The number of urea groups is 2. The van der Waals surface area contributed by atoms with Gasteiger partial charge in [0.1, 0.15) is 12.1 Å². The molecular weight excluding hydrogens is 348 g/mol. The Morgan fingerprint density at radius 3 is 2.48 bits per heavy atom. The quantitative estimate of drug-likeness (QED) is 0.683. The van der Waals surface area contributed by atoms with Gasteiger partial charge < -0.3 is 10.6 Å². The molecule has 3 rings (SSSR count). The third kappa shape index (κ3) is 3.79. The molecule has 8 heteroatoms. The standard InChI is InChI=1S/C19H24N4O4/c1-2-19(13-8-4-3-5-9-13)16(25)23(18(27)22-19)12-15(24)21-17(26)20-14-10-6-7-11-14/h3-5,8-9,14H,2,6-7,10-12H2,1H3,(H,22,27)(H2,20,21,24,26). The molecule has 1 saturated carbocycles. The maximum Gasteiger partial charge on any atom is 0.325 e. The summed E-state index contributed by atoms with van der Waals surface area (Å²) in [7, 11) is 0. The van der Waals surface area contributed by atoms with Gasteiger partial charge in [0.05, 0.1) is 0 Å². The van der Waals surface area contributed by atoms with E-state index in [0.717, 1.165) is 30.6 Å². The first-order valence-electron chi connectivity index (χ1n) is 9.26. The number of carbonyl (C=O) groups excluding carboxylic acids is 4. The second-order valence-electron chi connectivity index (χ2n) is 6.95. The minimum absolute atomic E-state index is 0.0698. The number of nitrogens with zero attached hydrogens (tertiary/aromatic N) is 1. The van der Waals surface area contributed by atoms with Crippen LogP contribution in [0.1, 0.15) is 44.6 Å². The van der Waals surface area contributed by atoms with Crippen LogP contribution < -0.4 is 16.0 Å². The molecule has 0 spiro atoms. The zero-order chi connectivity index (χ0) is 19.4. The molecule has 8 nitrogen and oxygen atoms in total. The van der Waals surface area contributed by atoms with Crippen molar-refractivity contribution in [1.29, 1.82) is 0 Å². The number of rotatable bonds is 5. The molecule has 0 aromatic heterocycles. The number of imide groups is 2. The molecule has 1 aliphatic heterocycles. The number of benzene rings is 1. The number of carbonyl (C=O) groups is 4. The van der Waals surface area contributed by atoms with Crippen LogP contribution in [0.4, 0.5) is 9.59 Å². The molecular formula is C19H24N4O4. The largest absolute Gasteiger partial charge is 0.335 e. The molecule has 1 heterocycles. The molecule has 1 aromatic rings. The fourth-order valence-corrected chi connectivity index (χ4v) is 3.73. The van der Waals surface area contributed by atoms with Gasteiger partial charge in [-0.1, -0.05) is 50.1 Å². The van der Waals surface area contributed by atoms with E-state index >= 15 is 0 Å². The minimum atomic E-state index is -1.19. The zero-order valence-corrected chi connectivity index (χ0v) is 15.3.